The number of hydrogen-bond donors (Lipinski definition) is 1. The van der Waals surface area contributed by atoms with Gasteiger partial charge in [0.2, 0.25) is 0 Å². The first-order chi connectivity index (χ1) is 6.77. The Morgan fingerprint density at radius 3 is 2.86 bits per heavy atom. The summed E-state index contributed by atoms with van der Waals surface area (Å²) in [5, 5.41) is 3.43. The van der Waals surface area contributed by atoms with Crippen molar-refractivity contribution in [3.05, 3.63) is 28.6 Å². The molecule has 14 heavy (non-hydrogen) atoms. The highest BCUT2D eigenvalue weighted by molar-refractivity contribution is 7.80. The van der Waals surface area contributed by atoms with E-state index in [1.165, 1.54) is 21.2 Å². The van der Waals surface area contributed by atoms with Crippen LogP contribution in [-0.4, -0.2) is 0 Å². The van der Waals surface area contributed by atoms with Crippen molar-refractivity contribution in [1.29, 1.82) is 0 Å². The van der Waals surface area contributed by atoms with Crippen molar-refractivity contribution < 1.29 is 0 Å². The maximum atomic E-state index is 5.87. The second-order valence-corrected chi connectivity index (χ2v) is 4.82. The Hall–Kier alpha value is -0.180. The molecular formula is C11H11ClS2. The second kappa shape index (κ2) is 4.13. The fourth-order valence-electron chi connectivity index (χ4n) is 1.64. The van der Waals surface area contributed by atoms with E-state index in [2.05, 4.69) is 37.1 Å². The number of hydrogen-bond acceptors (Lipinski definition) is 2. The van der Waals surface area contributed by atoms with Crippen LogP contribution in [0.3, 0.4) is 0 Å². The van der Waals surface area contributed by atoms with Crippen molar-refractivity contribution in [2.24, 2.45) is 0 Å². The minimum atomic E-state index is 0.592. The van der Waals surface area contributed by atoms with E-state index in [4.69, 9.17) is 11.6 Å². The summed E-state index contributed by atoms with van der Waals surface area (Å²) >= 11 is 12.1. The van der Waals surface area contributed by atoms with Gasteiger partial charge in [-0.3, -0.25) is 0 Å². The third kappa shape index (κ3) is 1.56. The number of fused-ring (bicyclic) bond motifs is 1. The molecule has 0 saturated heterocycles. The van der Waals surface area contributed by atoms with Crippen LogP contribution < -0.4 is 0 Å². The predicted molar refractivity (Wildman–Crippen MR) is 68.0 cm³/mol. The van der Waals surface area contributed by atoms with Gasteiger partial charge in [0, 0.05) is 15.5 Å². The molecule has 0 amide bonds. The number of aryl methyl sites for hydroxylation is 1. The molecule has 0 spiro atoms. The van der Waals surface area contributed by atoms with Crippen LogP contribution in [0.25, 0.3) is 10.1 Å². The average Bonchev–Trinajstić information content (AvgIpc) is 2.60. The number of thiophene rings is 1. The van der Waals surface area contributed by atoms with Crippen LogP contribution in [0.5, 0.6) is 0 Å². The lowest BCUT2D eigenvalue weighted by Crippen LogP contribution is -1.83. The molecule has 1 heterocycles. The van der Waals surface area contributed by atoms with Gasteiger partial charge >= 0.3 is 0 Å². The van der Waals surface area contributed by atoms with Crippen LogP contribution in [0, 0.1) is 0 Å². The topological polar surface area (TPSA) is 0 Å². The minimum Gasteiger partial charge on any atom is -0.143 e. The van der Waals surface area contributed by atoms with E-state index in [-0.39, 0.29) is 0 Å². The quantitative estimate of drug-likeness (QED) is 0.582. The highest BCUT2D eigenvalue weighted by Crippen LogP contribution is 2.33. The summed E-state index contributed by atoms with van der Waals surface area (Å²) in [5.41, 5.74) is 2.57. The summed E-state index contributed by atoms with van der Waals surface area (Å²) in [7, 11) is 0. The van der Waals surface area contributed by atoms with Gasteiger partial charge in [-0.1, -0.05) is 13.0 Å². The van der Waals surface area contributed by atoms with Crippen LogP contribution in [0.4, 0.5) is 0 Å². The normalized spacial score (nSPS) is 11.1. The molecule has 2 rings (SSSR count). The van der Waals surface area contributed by atoms with E-state index >= 15 is 0 Å². The van der Waals surface area contributed by atoms with Crippen LogP contribution in [0.2, 0.25) is 0 Å². The van der Waals surface area contributed by atoms with Gasteiger partial charge in [-0.05, 0) is 34.4 Å². The number of thiol groups is 1. The van der Waals surface area contributed by atoms with Crippen LogP contribution >= 0.6 is 35.6 Å². The molecule has 0 radical (unpaired) electrons. The zero-order chi connectivity index (χ0) is 10.1. The molecule has 0 bridgehead atoms. The van der Waals surface area contributed by atoms with E-state index in [9.17, 15) is 0 Å². The smallest absolute Gasteiger partial charge is 0.0488 e. The largest absolute Gasteiger partial charge is 0.143 e. The molecule has 0 unspecified atom stereocenters. The van der Waals surface area contributed by atoms with Crippen LogP contribution in [0.1, 0.15) is 18.1 Å². The Morgan fingerprint density at radius 1 is 1.43 bits per heavy atom. The summed E-state index contributed by atoms with van der Waals surface area (Å²) < 4.78 is 1.34. The monoisotopic (exact) mass is 242 g/mol. The number of alkyl halides is 1. The third-order valence-corrected chi connectivity index (χ3v) is 4.21. The number of rotatable bonds is 2. The maximum Gasteiger partial charge on any atom is 0.0488 e. The highest BCUT2D eigenvalue weighted by Gasteiger charge is 2.08. The lowest BCUT2D eigenvalue weighted by molar-refractivity contribution is 1.11. The van der Waals surface area contributed by atoms with Crippen molar-refractivity contribution >= 4 is 45.7 Å². The van der Waals surface area contributed by atoms with Gasteiger partial charge in [0.25, 0.3) is 0 Å². The van der Waals surface area contributed by atoms with Gasteiger partial charge in [-0.25, -0.2) is 0 Å². The fraction of sp³-hybridized carbons (Fsp3) is 0.273. The Morgan fingerprint density at radius 2 is 2.21 bits per heavy atom. The second-order valence-electron chi connectivity index (χ2n) is 3.19. The highest BCUT2D eigenvalue weighted by atomic mass is 35.5. The Balaban J connectivity index is 2.76. The first kappa shape index (κ1) is 10.3. The van der Waals surface area contributed by atoms with Crippen LogP contribution in [-0.2, 0) is 12.3 Å². The van der Waals surface area contributed by atoms with E-state index < -0.39 is 0 Å². The molecule has 74 valence electrons. The van der Waals surface area contributed by atoms with Crippen molar-refractivity contribution in [3.8, 4) is 0 Å². The SMILES string of the molecule is CCc1c(S)ccc2c(CCl)csc12. The summed E-state index contributed by atoms with van der Waals surface area (Å²) in [6.07, 6.45) is 1.03. The molecule has 0 nitrogen and oxygen atoms in total. The zero-order valence-electron chi connectivity index (χ0n) is 7.88. The maximum absolute atomic E-state index is 5.87. The lowest BCUT2D eigenvalue weighted by Gasteiger charge is -2.03. The fourth-order valence-corrected chi connectivity index (χ4v) is 3.57. The molecule has 0 aliphatic heterocycles. The molecule has 1 aromatic heterocycles. The number of halogens is 1. The van der Waals surface area contributed by atoms with Crippen molar-refractivity contribution in [3.63, 3.8) is 0 Å². The van der Waals surface area contributed by atoms with E-state index in [1.807, 2.05) is 0 Å². The van der Waals surface area contributed by atoms with Gasteiger partial charge < -0.3 is 0 Å². The van der Waals surface area contributed by atoms with Gasteiger partial charge in [0.15, 0.2) is 0 Å². The predicted octanol–water partition coefficient (Wildman–Crippen LogP) is 4.49. The zero-order valence-corrected chi connectivity index (χ0v) is 10.3. The summed E-state index contributed by atoms with van der Waals surface area (Å²) in [6.45, 7) is 2.16. The average molecular weight is 243 g/mol. The summed E-state index contributed by atoms with van der Waals surface area (Å²) in [5.74, 6) is 0.592. The Bertz CT molecular complexity index is 460. The molecule has 0 aliphatic rings. The molecule has 2 aromatic rings. The molecule has 0 N–H and O–H groups in total. The first-order valence-corrected chi connectivity index (χ1v) is 6.41. The number of benzene rings is 1. The molecule has 0 aliphatic carbocycles. The van der Waals surface area contributed by atoms with E-state index in [0.717, 1.165) is 11.3 Å². The third-order valence-electron chi connectivity index (χ3n) is 2.40. The van der Waals surface area contributed by atoms with Crippen molar-refractivity contribution in [2.45, 2.75) is 24.1 Å². The van der Waals surface area contributed by atoms with Gasteiger partial charge in [0.05, 0.1) is 0 Å². The van der Waals surface area contributed by atoms with Gasteiger partial charge in [-0.2, -0.15) is 0 Å². The molecular weight excluding hydrogens is 232 g/mol. The Kier molecular flexibility index (Phi) is 3.05. The molecule has 0 saturated carbocycles. The van der Waals surface area contributed by atoms with Gasteiger partial charge in [-0.15, -0.1) is 35.6 Å². The van der Waals surface area contributed by atoms with Crippen molar-refractivity contribution in [1.82, 2.24) is 0 Å². The standard InChI is InChI=1S/C11H11ClS2/c1-2-8-10(13)4-3-9-7(5-12)6-14-11(8)9/h3-4,6,13H,2,5H2,1H3. The molecule has 3 heteroatoms. The van der Waals surface area contributed by atoms with E-state index in [1.54, 1.807) is 11.3 Å². The lowest BCUT2D eigenvalue weighted by atomic mass is 10.1. The summed E-state index contributed by atoms with van der Waals surface area (Å²) in [6, 6.07) is 4.18. The molecule has 0 fully saturated rings. The first-order valence-electron chi connectivity index (χ1n) is 4.54. The van der Waals surface area contributed by atoms with E-state index in [0.29, 0.717) is 5.88 Å². The Labute approximate surface area is 98.3 Å². The minimum absolute atomic E-state index is 0.592. The summed E-state index contributed by atoms with van der Waals surface area (Å²) in [4.78, 5) is 1.09. The molecule has 0 atom stereocenters. The van der Waals surface area contributed by atoms with Gasteiger partial charge in [0.1, 0.15) is 0 Å². The van der Waals surface area contributed by atoms with Crippen LogP contribution in [0.15, 0.2) is 22.4 Å². The van der Waals surface area contributed by atoms with Crippen molar-refractivity contribution in [2.75, 3.05) is 0 Å². The molecule has 1 aromatic carbocycles.